The van der Waals surface area contributed by atoms with Crippen molar-refractivity contribution in [3.63, 3.8) is 0 Å². The molecule has 2 rings (SSSR count). The van der Waals surface area contributed by atoms with E-state index in [-0.39, 0.29) is 5.60 Å². The molecule has 0 atom stereocenters. The van der Waals surface area contributed by atoms with Gasteiger partial charge in [-0.3, -0.25) is 0 Å². The molecule has 4 nitrogen and oxygen atoms in total. The van der Waals surface area contributed by atoms with Crippen molar-refractivity contribution in [3.8, 4) is 5.75 Å². The van der Waals surface area contributed by atoms with Crippen LogP contribution in [-0.4, -0.2) is 22.2 Å². The molecule has 1 aromatic rings. The van der Waals surface area contributed by atoms with Gasteiger partial charge in [0.15, 0.2) is 0 Å². The lowest BCUT2D eigenvalue weighted by Gasteiger charge is -2.39. The first-order valence-corrected chi connectivity index (χ1v) is 8.91. The number of carboxylic acid groups (broad SMARTS) is 1. The minimum absolute atomic E-state index is 0.185. The standard InChI is InChI=1S/C20H31NO3/c1-14-6-8-15(9-7-14)20(4,5)24-17-12-10-16(11-13-17)21-19(2,3)18(22)23/h10-15,21H,6-9H2,1-5H3,(H,22,23). The predicted octanol–water partition coefficient (Wildman–Crippen LogP) is 4.95. The lowest BCUT2D eigenvalue weighted by atomic mass is 9.75. The number of nitrogens with one attached hydrogen (secondary N) is 1. The molecule has 0 bridgehead atoms. The van der Waals surface area contributed by atoms with E-state index < -0.39 is 11.5 Å². The Labute approximate surface area is 145 Å². The molecule has 1 fully saturated rings. The number of rotatable bonds is 6. The number of carboxylic acids is 1. The van der Waals surface area contributed by atoms with Crippen LogP contribution >= 0.6 is 0 Å². The maximum absolute atomic E-state index is 11.2. The van der Waals surface area contributed by atoms with Crippen LogP contribution in [0.5, 0.6) is 5.75 Å². The van der Waals surface area contributed by atoms with Crippen molar-refractivity contribution in [1.82, 2.24) is 0 Å². The molecule has 0 amide bonds. The molecule has 0 radical (unpaired) electrons. The van der Waals surface area contributed by atoms with E-state index >= 15 is 0 Å². The maximum atomic E-state index is 11.2. The molecular formula is C20H31NO3. The summed E-state index contributed by atoms with van der Waals surface area (Å²) < 4.78 is 6.27. The monoisotopic (exact) mass is 333 g/mol. The lowest BCUT2D eigenvalue weighted by Crippen LogP contribution is -2.40. The number of hydrogen-bond acceptors (Lipinski definition) is 3. The molecule has 0 aliphatic heterocycles. The van der Waals surface area contributed by atoms with E-state index in [9.17, 15) is 9.90 Å². The molecular weight excluding hydrogens is 302 g/mol. The first kappa shape index (κ1) is 18.6. The molecule has 0 saturated heterocycles. The zero-order valence-electron chi connectivity index (χ0n) is 15.6. The van der Waals surface area contributed by atoms with Crippen molar-refractivity contribution in [2.45, 2.75) is 71.4 Å². The Bertz CT molecular complexity index is 555. The third kappa shape index (κ3) is 4.65. The van der Waals surface area contributed by atoms with Crippen molar-refractivity contribution in [2.75, 3.05) is 5.32 Å². The highest BCUT2D eigenvalue weighted by Crippen LogP contribution is 2.37. The zero-order chi connectivity index (χ0) is 18.0. The van der Waals surface area contributed by atoms with Gasteiger partial charge in [0.05, 0.1) is 0 Å². The second-order valence-corrected chi connectivity index (χ2v) is 8.24. The van der Waals surface area contributed by atoms with Crippen LogP contribution < -0.4 is 10.1 Å². The Balaban J connectivity index is 1.99. The Morgan fingerprint density at radius 2 is 1.62 bits per heavy atom. The van der Waals surface area contributed by atoms with E-state index in [1.54, 1.807) is 13.8 Å². The van der Waals surface area contributed by atoms with Crippen LogP contribution in [0.3, 0.4) is 0 Å². The molecule has 1 aromatic carbocycles. The number of ether oxygens (including phenoxy) is 1. The maximum Gasteiger partial charge on any atom is 0.328 e. The van der Waals surface area contributed by atoms with Crippen LogP contribution in [0, 0.1) is 11.8 Å². The van der Waals surface area contributed by atoms with E-state index in [0.717, 1.165) is 17.4 Å². The summed E-state index contributed by atoms with van der Waals surface area (Å²) in [6.07, 6.45) is 5.01. The van der Waals surface area contributed by atoms with Gasteiger partial charge in [-0.25, -0.2) is 4.79 Å². The van der Waals surface area contributed by atoms with Crippen LogP contribution in [-0.2, 0) is 4.79 Å². The summed E-state index contributed by atoms with van der Waals surface area (Å²) in [5.74, 6) is 1.37. The fourth-order valence-corrected chi connectivity index (χ4v) is 3.36. The fraction of sp³-hybridized carbons (Fsp3) is 0.650. The van der Waals surface area contributed by atoms with E-state index in [2.05, 4.69) is 26.1 Å². The predicted molar refractivity (Wildman–Crippen MR) is 97.6 cm³/mol. The van der Waals surface area contributed by atoms with Crippen LogP contribution in [0.25, 0.3) is 0 Å². The Hall–Kier alpha value is -1.71. The summed E-state index contributed by atoms with van der Waals surface area (Å²) in [6, 6.07) is 7.57. The van der Waals surface area contributed by atoms with Gasteiger partial charge in [-0.05, 0) is 76.6 Å². The van der Waals surface area contributed by atoms with Gasteiger partial charge in [0.1, 0.15) is 16.9 Å². The van der Waals surface area contributed by atoms with Crippen molar-refractivity contribution >= 4 is 11.7 Å². The average Bonchev–Trinajstić information content (AvgIpc) is 2.49. The van der Waals surface area contributed by atoms with Crippen LogP contribution in [0.1, 0.15) is 60.3 Å². The third-order valence-corrected chi connectivity index (χ3v) is 5.23. The summed E-state index contributed by atoms with van der Waals surface area (Å²) in [5.41, 5.74) is -0.408. The van der Waals surface area contributed by atoms with Gasteiger partial charge in [0, 0.05) is 5.69 Å². The molecule has 0 aromatic heterocycles. The molecule has 4 heteroatoms. The van der Waals surface area contributed by atoms with E-state index in [0.29, 0.717) is 5.92 Å². The molecule has 1 aliphatic carbocycles. The number of carbonyl (C=O) groups is 1. The van der Waals surface area contributed by atoms with Crippen molar-refractivity contribution in [1.29, 1.82) is 0 Å². The highest BCUT2D eigenvalue weighted by molar-refractivity contribution is 5.81. The second kappa shape index (κ2) is 7.04. The van der Waals surface area contributed by atoms with Gasteiger partial charge in [-0.1, -0.05) is 19.8 Å². The Morgan fingerprint density at radius 1 is 1.08 bits per heavy atom. The molecule has 0 spiro atoms. The summed E-state index contributed by atoms with van der Waals surface area (Å²) in [6.45, 7) is 9.97. The third-order valence-electron chi connectivity index (χ3n) is 5.23. The minimum atomic E-state index is -1.000. The molecule has 0 heterocycles. The zero-order valence-corrected chi connectivity index (χ0v) is 15.6. The summed E-state index contributed by atoms with van der Waals surface area (Å²) >= 11 is 0. The second-order valence-electron chi connectivity index (χ2n) is 8.24. The largest absolute Gasteiger partial charge is 0.488 e. The summed E-state index contributed by atoms with van der Waals surface area (Å²) in [7, 11) is 0. The molecule has 134 valence electrons. The number of benzene rings is 1. The van der Waals surface area contributed by atoms with Crippen LogP contribution in [0.4, 0.5) is 5.69 Å². The first-order valence-electron chi connectivity index (χ1n) is 8.91. The Morgan fingerprint density at radius 3 is 2.12 bits per heavy atom. The van der Waals surface area contributed by atoms with Gasteiger partial charge in [0.2, 0.25) is 0 Å². The smallest absolute Gasteiger partial charge is 0.328 e. The molecule has 0 unspecified atom stereocenters. The van der Waals surface area contributed by atoms with Gasteiger partial charge in [-0.15, -0.1) is 0 Å². The van der Waals surface area contributed by atoms with Crippen LogP contribution in [0.15, 0.2) is 24.3 Å². The molecule has 2 N–H and O–H groups in total. The van der Waals surface area contributed by atoms with Crippen molar-refractivity contribution in [2.24, 2.45) is 11.8 Å². The molecule has 1 aliphatic rings. The van der Waals surface area contributed by atoms with Gasteiger partial charge < -0.3 is 15.2 Å². The summed E-state index contributed by atoms with van der Waals surface area (Å²) in [5, 5.41) is 12.2. The number of hydrogen-bond donors (Lipinski definition) is 2. The lowest BCUT2D eigenvalue weighted by molar-refractivity contribution is -0.141. The Kier molecular flexibility index (Phi) is 5.46. The number of aliphatic carboxylic acids is 1. The van der Waals surface area contributed by atoms with Crippen LogP contribution in [0.2, 0.25) is 0 Å². The van der Waals surface area contributed by atoms with E-state index in [1.165, 1.54) is 25.7 Å². The minimum Gasteiger partial charge on any atom is -0.488 e. The molecule has 1 saturated carbocycles. The van der Waals surface area contributed by atoms with Gasteiger partial charge in [0.25, 0.3) is 0 Å². The fourth-order valence-electron chi connectivity index (χ4n) is 3.36. The van der Waals surface area contributed by atoms with Crippen molar-refractivity contribution in [3.05, 3.63) is 24.3 Å². The van der Waals surface area contributed by atoms with Gasteiger partial charge >= 0.3 is 5.97 Å². The van der Waals surface area contributed by atoms with Crippen molar-refractivity contribution < 1.29 is 14.6 Å². The summed E-state index contributed by atoms with van der Waals surface area (Å²) in [4.78, 5) is 11.2. The van der Waals surface area contributed by atoms with E-state index in [1.807, 2.05) is 24.3 Å². The van der Waals surface area contributed by atoms with Gasteiger partial charge in [-0.2, -0.15) is 0 Å². The molecule has 24 heavy (non-hydrogen) atoms. The average molecular weight is 333 g/mol. The number of anilines is 1. The quantitative estimate of drug-likeness (QED) is 0.773. The normalized spacial score (nSPS) is 22.0. The highest BCUT2D eigenvalue weighted by atomic mass is 16.5. The SMILES string of the molecule is CC1CCC(C(C)(C)Oc2ccc(NC(C)(C)C(=O)O)cc2)CC1. The highest BCUT2D eigenvalue weighted by Gasteiger charge is 2.34. The first-order chi connectivity index (χ1) is 11.1. The topological polar surface area (TPSA) is 58.6 Å². The van der Waals surface area contributed by atoms with E-state index in [4.69, 9.17) is 4.74 Å².